The summed E-state index contributed by atoms with van der Waals surface area (Å²) in [6.45, 7) is 8.67. The van der Waals surface area contributed by atoms with E-state index in [1.165, 1.54) is 5.56 Å². The van der Waals surface area contributed by atoms with Gasteiger partial charge >= 0.3 is 0 Å². The van der Waals surface area contributed by atoms with Gasteiger partial charge in [-0.2, -0.15) is 5.26 Å². The van der Waals surface area contributed by atoms with Gasteiger partial charge in [-0.05, 0) is 49.1 Å². The minimum atomic E-state index is -0.719. The van der Waals surface area contributed by atoms with Crippen molar-refractivity contribution < 1.29 is 14.6 Å². The molecule has 3 aromatic carbocycles. The number of aryl methyl sites for hydroxylation is 1. The van der Waals surface area contributed by atoms with E-state index in [4.69, 9.17) is 9.47 Å². The zero-order valence-corrected chi connectivity index (χ0v) is 21.1. The Morgan fingerprint density at radius 2 is 1.75 bits per heavy atom. The first kappa shape index (κ1) is 24.6. The van der Waals surface area contributed by atoms with Gasteiger partial charge in [0.05, 0.1) is 37.1 Å². The summed E-state index contributed by atoms with van der Waals surface area (Å²) in [5.74, 6) is 0.894. The van der Waals surface area contributed by atoms with Gasteiger partial charge in [0.25, 0.3) is 0 Å². The summed E-state index contributed by atoms with van der Waals surface area (Å²) in [6, 6.07) is 20.7. The third-order valence-corrected chi connectivity index (χ3v) is 7.63. The van der Waals surface area contributed by atoms with Gasteiger partial charge in [-0.3, -0.25) is 4.90 Å². The van der Waals surface area contributed by atoms with E-state index < -0.39 is 5.60 Å². The molecule has 0 radical (unpaired) electrons. The number of morpholine rings is 1. The maximum absolute atomic E-state index is 11.2. The van der Waals surface area contributed by atoms with Gasteiger partial charge in [0.2, 0.25) is 0 Å². The number of ether oxygens (including phenoxy) is 2. The van der Waals surface area contributed by atoms with Gasteiger partial charge in [-0.15, -0.1) is 0 Å². The lowest BCUT2D eigenvalue weighted by Crippen LogP contribution is -2.45. The second kappa shape index (κ2) is 10.9. The van der Waals surface area contributed by atoms with E-state index in [0.717, 1.165) is 73.7 Å². The molecule has 2 heterocycles. The fraction of sp³-hybridized carbons (Fsp3) is 0.433. The van der Waals surface area contributed by atoms with Crippen molar-refractivity contribution in [3.8, 4) is 11.8 Å². The van der Waals surface area contributed by atoms with E-state index in [1.807, 2.05) is 30.3 Å². The van der Waals surface area contributed by atoms with Crippen LogP contribution in [-0.4, -0.2) is 61.6 Å². The number of aliphatic hydroxyl groups is 1. The molecule has 0 unspecified atom stereocenters. The third-order valence-electron chi connectivity index (χ3n) is 7.63. The van der Waals surface area contributed by atoms with E-state index >= 15 is 0 Å². The Bertz CT molecular complexity index is 1240. The third kappa shape index (κ3) is 5.49. The Morgan fingerprint density at radius 1 is 1.00 bits per heavy atom. The van der Waals surface area contributed by atoms with Crippen LogP contribution in [0.2, 0.25) is 0 Å². The molecule has 0 aliphatic carbocycles. The summed E-state index contributed by atoms with van der Waals surface area (Å²) in [7, 11) is 0. The SMILES string of the molecule is Cc1cc(CN2CCOCC2)ccc1OCCC1(O)CCN(c2ccc(C#N)c3ccccc23)CC1. The number of fused-ring (bicyclic) bond motifs is 1. The molecule has 36 heavy (non-hydrogen) atoms. The molecule has 6 nitrogen and oxygen atoms in total. The van der Waals surface area contributed by atoms with Crippen LogP contribution < -0.4 is 9.64 Å². The highest BCUT2D eigenvalue weighted by Gasteiger charge is 2.32. The second-order valence-corrected chi connectivity index (χ2v) is 10.1. The Labute approximate surface area is 213 Å². The minimum Gasteiger partial charge on any atom is -0.493 e. The molecule has 1 N–H and O–H groups in total. The molecule has 2 aliphatic heterocycles. The topological polar surface area (TPSA) is 69.0 Å². The predicted molar refractivity (Wildman–Crippen MR) is 142 cm³/mol. The highest BCUT2D eigenvalue weighted by Crippen LogP contribution is 2.34. The molecule has 0 aromatic heterocycles. The first-order valence-corrected chi connectivity index (χ1v) is 13.0. The van der Waals surface area contributed by atoms with Crippen LogP contribution in [0, 0.1) is 18.3 Å². The van der Waals surface area contributed by atoms with Crippen LogP contribution in [0.25, 0.3) is 10.8 Å². The van der Waals surface area contributed by atoms with Crippen LogP contribution in [0.3, 0.4) is 0 Å². The fourth-order valence-electron chi connectivity index (χ4n) is 5.41. The molecule has 3 aromatic rings. The molecule has 0 atom stereocenters. The van der Waals surface area contributed by atoms with Gasteiger partial charge < -0.3 is 19.5 Å². The lowest BCUT2D eigenvalue weighted by molar-refractivity contribution is -0.00271. The van der Waals surface area contributed by atoms with Crippen LogP contribution in [0.5, 0.6) is 5.75 Å². The van der Waals surface area contributed by atoms with Crippen LogP contribution in [0.1, 0.15) is 36.0 Å². The van der Waals surface area contributed by atoms with E-state index in [9.17, 15) is 10.4 Å². The van der Waals surface area contributed by atoms with Crippen molar-refractivity contribution in [2.75, 3.05) is 50.9 Å². The largest absolute Gasteiger partial charge is 0.493 e. The Kier molecular flexibility index (Phi) is 7.43. The normalized spacial score (nSPS) is 18.2. The molecule has 5 rings (SSSR count). The maximum atomic E-state index is 11.2. The zero-order chi connectivity index (χ0) is 25.0. The summed E-state index contributed by atoms with van der Waals surface area (Å²) >= 11 is 0. The summed E-state index contributed by atoms with van der Waals surface area (Å²) in [6.07, 6.45) is 2.01. The number of hydrogen-bond acceptors (Lipinski definition) is 6. The Hall–Kier alpha value is -3.11. The molecule has 2 fully saturated rings. The van der Waals surface area contributed by atoms with Crippen LogP contribution >= 0.6 is 0 Å². The lowest BCUT2D eigenvalue weighted by Gasteiger charge is -2.39. The van der Waals surface area contributed by atoms with Crippen molar-refractivity contribution in [3.63, 3.8) is 0 Å². The van der Waals surface area contributed by atoms with Gasteiger partial charge in [-0.25, -0.2) is 0 Å². The maximum Gasteiger partial charge on any atom is 0.122 e. The highest BCUT2D eigenvalue weighted by atomic mass is 16.5. The van der Waals surface area contributed by atoms with Crippen LogP contribution in [0.15, 0.2) is 54.6 Å². The molecule has 0 spiro atoms. The van der Waals surface area contributed by atoms with E-state index in [2.05, 4.69) is 47.1 Å². The predicted octanol–water partition coefficient (Wildman–Crippen LogP) is 4.65. The van der Waals surface area contributed by atoms with Gasteiger partial charge in [0.1, 0.15) is 5.75 Å². The summed E-state index contributed by atoms with van der Waals surface area (Å²) in [5.41, 5.74) is 3.54. The quantitative estimate of drug-likeness (QED) is 0.525. The first-order valence-electron chi connectivity index (χ1n) is 13.0. The van der Waals surface area contributed by atoms with E-state index in [0.29, 0.717) is 31.4 Å². The molecular weight excluding hydrogens is 450 g/mol. The number of nitriles is 1. The van der Waals surface area contributed by atoms with Crippen molar-refractivity contribution in [2.24, 2.45) is 0 Å². The van der Waals surface area contributed by atoms with Crippen molar-refractivity contribution in [1.29, 1.82) is 5.26 Å². The molecule has 0 bridgehead atoms. The van der Waals surface area contributed by atoms with Gasteiger partial charge in [0, 0.05) is 55.6 Å². The number of benzene rings is 3. The second-order valence-electron chi connectivity index (χ2n) is 10.1. The van der Waals surface area contributed by atoms with E-state index in [1.54, 1.807) is 0 Å². The van der Waals surface area contributed by atoms with Crippen LogP contribution in [-0.2, 0) is 11.3 Å². The van der Waals surface area contributed by atoms with Crippen molar-refractivity contribution in [2.45, 2.75) is 38.3 Å². The van der Waals surface area contributed by atoms with Gasteiger partial charge in [0.15, 0.2) is 0 Å². The lowest BCUT2D eigenvalue weighted by atomic mass is 9.88. The summed E-state index contributed by atoms with van der Waals surface area (Å²) in [4.78, 5) is 4.75. The zero-order valence-electron chi connectivity index (χ0n) is 21.1. The van der Waals surface area contributed by atoms with Crippen molar-refractivity contribution in [3.05, 3.63) is 71.3 Å². The number of hydrogen-bond donors (Lipinski definition) is 1. The molecule has 0 amide bonds. The molecular formula is C30H35N3O3. The fourth-order valence-corrected chi connectivity index (χ4v) is 5.41. The molecule has 0 saturated carbocycles. The molecule has 2 aliphatic rings. The first-order chi connectivity index (χ1) is 17.5. The number of nitrogens with zero attached hydrogens (tertiary/aromatic N) is 3. The standard InChI is InChI=1S/C30H35N3O3/c1-23-20-24(22-32-15-18-35-19-16-32)6-9-29(23)36-17-12-30(34)10-13-33(14-11-30)28-8-7-25(21-31)26-4-2-3-5-27(26)28/h2-9,20,34H,10-19,22H2,1H3. The summed E-state index contributed by atoms with van der Waals surface area (Å²) in [5, 5.41) is 22.8. The molecule has 2 saturated heterocycles. The number of anilines is 1. The van der Waals surface area contributed by atoms with Crippen molar-refractivity contribution >= 4 is 16.5 Å². The van der Waals surface area contributed by atoms with Gasteiger partial charge in [-0.1, -0.05) is 36.4 Å². The average molecular weight is 486 g/mol. The highest BCUT2D eigenvalue weighted by molar-refractivity contribution is 5.97. The molecule has 6 heteroatoms. The number of rotatable bonds is 7. The Morgan fingerprint density at radius 3 is 2.47 bits per heavy atom. The monoisotopic (exact) mass is 485 g/mol. The van der Waals surface area contributed by atoms with Crippen molar-refractivity contribution in [1.82, 2.24) is 4.90 Å². The Balaban J connectivity index is 1.15. The molecule has 188 valence electrons. The average Bonchev–Trinajstić information content (AvgIpc) is 2.90. The summed E-state index contributed by atoms with van der Waals surface area (Å²) < 4.78 is 11.5. The van der Waals surface area contributed by atoms with Crippen LogP contribution in [0.4, 0.5) is 5.69 Å². The number of piperidine rings is 1. The minimum absolute atomic E-state index is 0.500. The smallest absolute Gasteiger partial charge is 0.122 e. The van der Waals surface area contributed by atoms with E-state index in [-0.39, 0.29) is 0 Å².